The van der Waals surface area contributed by atoms with E-state index in [0.717, 1.165) is 10.7 Å². The number of hydrogen-bond acceptors (Lipinski definition) is 6. The number of nitrogens with zero attached hydrogens (tertiary/aromatic N) is 3. The molecular formula is C14H23N3O3S2. The van der Waals surface area contributed by atoms with Gasteiger partial charge < -0.3 is 9.80 Å². The summed E-state index contributed by atoms with van der Waals surface area (Å²) >= 11 is 1.56. The van der Waals surface area contributed by atoms with Crippen molar-refractivity contribution < 1.29 is 13.2 Å². The number of aryl methyl sites for hydroxylation is 1. The highest BCUT2D eigenvalue weighted by Gasteiger charge is 2.30. The molecular weight excluding hydrogens is 322 g/mol. The van der Waals surface area contributed by atoms with Gasteiger partial charge in [0.1, 0.15) is 5.01 Å². The van der Waals surface area contributed by atoms with Crippen LogP contribution in [0.15, 0.2) is 5.38 Å². The molecule has 124 valence electrons. The molecule has 6 nitrogen and oxygen atoms in total. The lowest BCUT2D eigenvalue weighted by Gasteiger charge is -2.24. The van der Waals surface area contributed by atoms with Crippen molar-refractivity contribution in [1.29, 1.82) is 0 Å². The minimum atomic E-state index is -2.88. The molecule has 22 heavy (non-hydrogen) atoms. The lowest BCUT2D eigenvalue weighted by molar-refractivity contribution is -0.130. The monoisotopic (exact) mass is 345 g/mol. The van der Waals surface area contributed by atoms with E-state index in [-0.39, 0.29) is 23.5 Å². The highest BCUT2D eigenvalue weighted by atomic mass is 32.2. The second kappa shape index (κ2) is 7.06. The van der Waals surface area contributed by atoms with E-state index in [9.17, 15) is 13.2 Å². The Labute approximate surface area is 136 Å². The van der Waals surface area contributed by atoms with E-state index in [0.29, 0.717) is 25.9 Å². The predicted molar refractivity (Wildman–Crippen MR) is 87.6 cm³/mol. The topological polar surface area (TPSA) is 70.6 Å². The third-order valence-electron chi connectivity index (χ3n) is 3.97. The van der Waals surface area contributed by atoms with Crippen molar-refractivity contribution >= 4 is 27.1 Å². The van der Waals surface area contributed by atoms with Crippen molar-refractivity contribution in [2.24, 2.45) is 0 Å². The highest BCUT2D eigenvalue weighted by Crippen LogP contribution is 2.17. The standard InChI is InChI=1S/C14H23N3O3S2/c1-11-9-21-13(15-11)8-17(3)14(18)4-6-16(2)12-5-7-22(19,20)10-12/h9,12H,4-8,10H2,1-3H3/t12-/m0/s1. The molecule has 0 N–H and O–H groups in total. The maximum atomic E-state index is 12.2. The summed E-state index contributed by atoms with van der Waals surface area (Å²) in [4.78, 5) is 20.2. The normalized spacial score (nSPS) is 20.5. The van der Waals surface area contributed by atoms with Crippen LogP contribution in [0.3, 0.4) is 0 Å². The predicted octanol–water partition coefficient (Wildman–Crippen LogP) is 0.919. The van der Waals surface area contributed by atoms with E-state index >= 15 is 0 Å². The average Bonchev–Trinajstić information content (AvgIpc) is 3.01. The van der Waals surface area contributed by atoms with Crippen molar-refractivity contribution in [1.82, 2.24) is 14.8 Å². The molecule has 8 heteroatoms. The first-order valence-electron chi connectivity index (χ1n) is 7.32. The van der Waals surface area contributed by atoms with Gasteiger partial charge in [0.05, 0.1) is 18.1 Å². The Hall–Kier alpha value is -0.990. The first kappa shape index (κ1) is 17.4. The quantitative estimate of drug-likeness (QED) is 0.767. The molecule has 2 rings (SSSR count). The molecule has 1 aromatic rings. The molecule has 0 spiro atoms. The third kappa shape index (κ3) is 4.76. The smallest absolute Gasteiger partial charge is 0.223 e. The first-order chi connectivity index (χ1) is 10.3. The van der Waals surface area contributed by atoms with Crippen molar-refractivity contribution in [3.05, 3.63) is 16.1 Å². The Balaban J connectivity index is 1.77. The van der Waals surface area contributed by atoms with E-state index in [2.05, 4.69) is 4.98 Å². The Morgan fingerprint density at radius 3 is 2.73 bits per heavy atom. The minimum Gasteiger partial charge on any atom is -0.339 e. The summed E-state index contributed by atoms with van der Waals surface area (Å²) < 4.78 is 23.0. The lowest BCUT2D eigenvalue weighted by atomic mass is 10.2. The van der Waals surface area contributed by atoms with Gasteiger partial charge in [-0.15, -0.1) is 11.3 Å². The maximum Gasteiger partial charge on any atom is 0.223 e. The molecule has 1 aromatic heterocycles. The van der Waals surface area contributed by atoms with Crippen molar-refractivity contribution in [3.63, 3.8) is 0 Å². The van der Waals surface area contributed by atoms with E-state index < -0.39 is 9.84 Å². The Morgan fingerprint density at radius 1 is 1.45 bits per heavy atom. The van der Waals surface area contributed by atoms with E-state index in [4.69, 9.17) is 0 Å². The van der Waals surface area contributed by atoms with Gasteiger partial charge in [-0.25, -0.2) is 13.4 Å². The zero-order valence-electron chi connectivity index (χ0n) is 13.3. The fourth-order valence-corrected chi connectivity index (χ4v) is 5.16. The summed E-state index contributed by atoms with van der Waals surface area (Å²) in [6, 6.07) is 0.0460. The number of sulfone groups is 1. The SMILES string of the molecule is Cc1csc(CN(C)C(=O)CCN(C)[C@H]2CCS(=O)(=O)C2)n1. The fraction of sp³-hybridized carbons (Fsp3) is 0.714. The van der Waals surface area contributed by atoms with Crippen LogP contribution in [0.25, 0.3) is 0 Å². The summed E-state index contributed by atoms with van der Waals surface area (Å²) in [5, 5.41) is 2.91. The van der Waals surface area contributed by atoms with Crippen molar-refractivity contribution in [3.8, 4) is 0 Å². The van der Waals surface area contributed by atoms with Crippen LogP contribution in [0.1, 0.15) is 23.5 Å². The molecule has 0 unspecified atom stereocenters. The number of aromatic nitrogens is 1. The van der Waals surface area contributed by atoms with Crippen LogP contribution < -0.4 is 0 Å². The second-order valence-electron chi connectivity index (χ2n) is 5.92. The summed E-state index contributed by atoms with van der Waals surface area (Å²) in [5.74, 6) is 0.533. The molecule has 1 aliphatic heterocycles. The van der Waals surface area contributed by atoms with Gasteiger partial charge >= 0.3 is 0 Å². The van der Waals surface area contributed by atoms with Gasteiger partial charge in [0.15, 0.2) is 9.84 Å². The summed E-state index contributed by atoms with van der Waals surface area (Å²) in [6.07, 6.45) is 1.06. The molecule has 1 saturated heterocycles. The zero-order valence-corrected chi connectivity index (χ0v) is 14.9. The van der Waals surface area contributed by atoms with Crippen LogP contribution in [0.4, 0.5) is 0 Å². The Kier molecular flexibility index (Phi) is 5.57. The van der Waals surface area contributed by atoms with Crippen LogP contribution in [0, 0.1) is 6.92 Å². The van der Waals surface area contributed by atoms with Crippen LogP contribution in [0.5, 0.6) is 0 Å². The minimum absolute atomic E-state index is 0.0460. The number of hydrogen-bond donors (Lipinski definition) is 0. The van der Waals surface area contributed by atoms with Gasteiger partial charge in [0.25, 0.3) is 0 Å². The van der Waals surface area contributed by atoms with Gasteiger partial charge in [0, 0.05) is 37.1 Å². The Bertz CT molecular complexity index is 627. The van der Waals surface area contributed by atoms with Crippen molar-refractivity contribution in [2.75, 3.05) is 32.1 Å². The Morgan fingerprint density at radius 2 is 2.18 bits per heavy atom. The maximum absolute atomic E-state index is 12.2. The molecule has 1 aliphatic rings. The molecule has 0 aromatic carbocycles. The summed E-state index contributed by atoms with van der Waals surface area (Å²) in [5.41, 5.74) is 0.975. The third-order valence-corrected chi connectivity index (χ3v) is 6.68. The molecule has 1 atom stereocenters. The number of carbonyl (C=O) groups excluding carboxylic acids is 1. The fourth-order valence-electron chi connectivity index (χ4n) is 2.53. The van der Waals surface area contributed by atoms with E-state index in [1.807, 2.05) is 24.3 Å². The zero-order chi connectivity index (χ0) is 16.3. The van der Waals surface area contributed by atoms with Crippen molar-refractivity contribution in [2.45, 2.75) is 32.4 Å². The molecule has 0 saturated carbocycles. The van der Waals surface area contributed by atoms with Gasteiger partial charge in [-0.1, -0.05) is 0 Å². The molecule has 1 fully saturated rings. The van der Waals surface area contributed by atoms with Gasteiger partial charge in [0.2, 0.25) is 5.91 Å². The molecule has 2 heterocycles. The van der Waals surface area contributed by atoms with Gasteiger partial charge in [-0.3, -0.25) is 4.79 Å². The molecule has 0 radical (unpaired) electrons. The molecule has 1 amide bonds. The number of amides is 1. The number of rotatable bonds is 6. The van der Waals surface area contributed by atoms with Crippen LogP contribution >= 0.6 is 11.3 Å². The number of carbonyl (C=O) groups is 1. The van der Waals surface area contributed by atoms with Gasteiger partial charge in [-0.05, 0) is 20.4 Å². The summed E-state index contributed by atoms with van der Waals surface area (Å²) in [6.45, 7) is 3.05. The van der Waals surface area contributed by atoms with E-state index in [1.165, 1.54) is 0 Å². The van der Waals surface area contributed by atoms with Crippen LogP contribution in [-0.2, 0) is 21.2 Å². The first-order valence-corrected chi connectivity index (χ1v) is 10.0. The van der Waals surface area contributed by atoms with Crippen LogP contribution in [0.2, 0.25) is 0 Å². The van der Waals surface area contributed by atoms with Crippen LogP contribution in [-0.4, -0.2) is 67.3 Å². The molecule has 0 bridgehead atoms. The number of thiazole rings is 1. The van der Waals surface area contributed by atoms with E-state index in [1.54, 1.807) is 23.3 Å². The second-order valence-corrected chi connectivity index (χ2v) is 9.09. The average molecular weight is 345 g/mol. The summed E-state index contributed by atoms with van der Waals surface area (Å²) in [7, 11) is 0.791. The largest absolute Gasteiger partial charge is 0.339 e. The highest BCUT2D eigenvalue weighted by molar-refractivity contribution is 7.91. The molecule has 0 aliphatic carbocycles. The lowest BCUT2D eigenvalue weighted by Crippen LogP contribution is -2.36. The van der Waals surface area contributed by atoms with Gasteiger partial charge in [-0.2, -0.15) is 0 Å².